The maximum atomic E-state index is 5.89. The largest absolute Gasteiger partial charge is 0.444 e. The van der Waals surface area contributed by atoms with Crippen LogP contribution < -0.4 is 16.4 Å². The molecule has 0 aliphatic heterocycles. The first-order valence-electron chi connectivity index (χ1n) is 10.8. The summed E-state index contributed by atoms with van der Waals surface area (Å²) in [6.45, 7) is 6.39. The minimum atomic E-state index is -0.0158. The zero-order chi connectivity index (χ0) is 21.8. The molecule has 0 spiro atoms. The van der Waals surface area contributed by atoms with Crippen molar-refractivity contribution in [3.8, 4) is 0 Å². The van der Waals surface area contributed by atoms with E-state index in [1.165, 1.54) is 23.5 Å². The van der Waals surface area contributed by atoms with Crippen molar-refractivity contribution in [1.29, 1.82) is 0 Å². The third-order valence-electron chi connectivity index (χ3n) is 5.40. The van der Waals surface area contributed by atoms with Crippen LogP contribution >= 0.6 is 23.1 Å². The van der Waals surface area contributed by atoms with Crippen LogP contribution in [0.2, 0.25) is 0 Å². The van der Waals surface area contributed by atoms with Crippen molar-refractivity contribution >= 4 is 39.6 Å². The van der Waals surface area contributed by atoms with E-state index in [4.69, 9.17) is 10.2 Å². The van der Waals surface area contributed by atoms with Crippen molar-refractivity contribution < 1.29 is 4.42 Å². The molecule has 166 valence electrons. The second-order valence-corrected chi connectivity index (χ2v) is 11.4. The first-order valence-corrected chi connectivity index (χ1v) is 12.6. The Labute approximate surface area is 192 Å². The molecule has 1 saturated carbocycles. The Morgan fingerprint density at radius 1 is 1.10 bits per heavy atom. The Balaban J connectivity index is 1.27. The quantitative estimate of drug-likeness (QED) is 0.290. The molecule has 6 nitrogen and oxygen atoms in total. The summed E-state index contributed by atoms with van der Waals surface area (Å²) in [7, 11) is 0. The number of nitrogens with one attached hydrogen (secondary N) is 2. The number of aromatic nitrogens is 2. The molecular weight excluding hydrogens is 426 g/mol. The number of rotatable bonds is 7. The molecule has 4 rings (SSSR count). The van der Waals surface area contributed by atoms with Gasteiger partial charge in [0.1, 0.15) is 5.76 Å². The van der Waals surface area contributed by atoms with E-state index in [9.17, 15) is 0 Å². The lowest BCUT2D eigenvalue weighted by molar-refractivity contribution is 0.391. The molecule has 2 heterocycles. The zero-order valence-corrected chi connectivity index (χ0v) is 20.0. The van der Waals surface area contributed by atoms with E-state index in [0.717, 1.165) is 34.6 Å². The second-order valence-electron chi connectivity index (χ2n) is 9.11. The fraction of sp³-hybridized carbons (Fsp3) is 0.478. The Morgan fingerprint density at radius 2 is 1.84 bits per heavy atom. The topological polar surface area (TPSA) is 89.0 Å². The summed E-state index contributed by atoms with van der Waals surface area (Å²) >= 11 is 3.42. The van der Waals surface area contributed by atoms with Crippen LogP contribution in [0.3, 0.4) is 0 Å². The molecule has 0 saturated heterocycles. The molecule has 0 bridgehead atoms. The molecule has 0 amide bonds. The van der Waals surface area contributed by atoms with E-state index in [0.29, 0.717) is 17.8 Å². The minimum Gasteiger partial charge on any atom is -0.444 e. The van der Waals surface area contributed by atoms with Crippen LogP contribution in [0.25, 0.3) is 0 Å². The van der Waals surface area contributed by atoms with Crippen LogP contribution in [-0.4, -0.2) is 22.1 Å². The number of nitrogen functional groups attached to an aromatic ring is 1. The van der Waals surface area contributed by atoms with Gasteiger partial charge in [0.05, 0.1) is 22.4 Å². The van der Waals surface area contributed by atoms with Gasteiger partial charge in [0.25, 0.3) is 0 Å². The summed E-state index contributed by atoms with van der Waals surface area (Å²) in [5.74, 6) is 2.41. The fourth-order valence-electron chi connectivity index (χ4n) is 3.69. The summed E-state index contributed by atoms with van der Waals surface area (Å²) in [5.41, 5.74) is 7.70. The molecule has 2 unspecified atom stereocenters. The number of thioether (sulfide) groups is 1. The Hall–Kier alpha value is -2.19. The first kappa shape index (κ1) is 22.0. The Morgan fingerprint density at radius 3 is 2.55 bits per heavy atom. The molecule has 1 aliphatic rings. The van der Waals surface area contributed by atoms with Gasteiger partial charge in [-0.25, -0.2) is 9.97 Å². The van der Waals surface area contributed by atoms with Gasteiger partial charge in [-0.1, -0.05) is 32.1 Å². The normalized spacial score (nSPS) is 19.3. The van der Waals surface area contributed by atoms with Gasteiger partial charge in [-0.05, 0) is 49.9 Å². The van der Waals surface area contributed by atoms with E-state index in [1.54, 1.807) is 23.1 Å². The average Bonchev–Trinajstić information content (AvgIpc) is 3.38. The maximum absolute atomic E-state index is 5.89. The van der Waals surface area contributed by atoms with Gasteiger partial charge in [0.15, 0.2) is 5.13 Å². The molecule has 3 aromatic rings. The molecule has 0 radical (unpaired) electrons. The van der Waals surface area contributed by atoms with Crippen molar-refractivity contribution in [2.24, 2.45) is 0 Å². The lowest BCUT2D eigenvalue weighted by Gasteiger charge is -2.31. The maximum Gasteiger partial charge on any atom is 0.204 e. The van der Waals surface area contributed by atoms with Crippen LogP contribution in [-0.2, 0) is 11.2 Å². The highest BCUT2D eigenvalue weighted by Gasteiger charge is 2.23. The van der Waals surface area contributed by atoms with Crippen molar-refractivity contribution in [3.63, 3.8) is 0 Å². The monoisotopic (exact) mass is 457 g/mol. The summed E-state index contributed by atoms with van der Waals surface area (Å²) < 4.78 is 7.06. The van der Waals surface area contributed by atoms with Gasteiger partial charge in [-0.2, -0.15) is 0 Å². The van der Waals surface area contributed by atoms with Crippen LogP contribution in [0.5, 0.6) is 0 Å². The molecular formula is C23H31N5OS2. The highest BCUT2D eigenvalue weighted by Crippen LogP contribution is 2.33. The molecule has 4 N–H and O–H groups in total. The van der Waals surface area contributed by atoms with Crippen LogP contribution in [0.1, 0.15) is 58.1 Å². The predicted octanol–water partition coefficient (Wildman–Crippen LogP) is 6.14. The number of anilines is 3. The number of oxazole rings is 1. The van der Waals surface area contributed by atoms with Gasteiger partial charge in [-0.15, -0.1) is 11.8 Å². The number of benzene rings is 1. The predicted molar refractivity (Wildman–Crippen MR) is 131 cm³/mol. The summed E-state index contributed by atoms with van der Waals surface area (Å²) in [5, 5.41) is 8.28. The molecule has 2 atom stereocenters. The number of hydrogen-bond donors (Lipinski definition) is 3. The van der Waals surface area contributed by atoms with Gasteiger partial charge >= 0.3 is 0 Å². The lowest BCUT2D eigenvalue weighted by Crippen LogP contribution is -2.34. The fourth-order valence-corrected chi connectivity index (χ4v) is 5.49. The molecule has 1 fully saturated rings. The van der Waals surface area contributed by atoms with Crippen molar-refractivity contribution in [3.05, 3.63) is 48.3 Å². The van der Waals surface area contributed by atoms with Crippen molar-refractivity contribution in [2.45, 2.75) is 73.9 Å². The highest BCUT2D eigenvalue weighted by molar-refractivity contribution is 8.00. The number of nitrogens with zero attached hydrogens (tertiary/aromatic N) is 2. The molecule has 2 aromatic heterocycles. The number of hydrogen-bond acceptors (Lipinski definition) is 8. The zero-order valence-electron chi connectivity index (χ0n) is 18.4. The average molecular weight is 458 g/mol. The second kappa shape index (κ2) is 9.53. The molecule has 31 heavy (non-hydrogen) atoms. The number of nitrogens with two attached hydrogens (primary N) is 1. The standard InChI is InChI=1S/C23H31N5OS2/c1-23(2,3)19-12-25-20(29-19)14-30-21-13-26-22(31-21)28-18-6-4-5-17(11-18)27-16-9-7-15(24)8-10-16/h7-10,12-13,17-18,27H,4-6,11,14,24H2,1-3H3,(H,26,28). The van der Waals surface area contributed by atoms with Crippen LogP contribution in [0.15, 0.2) is 45.3 Å². The molecule has 1 aliphatic carbocycles. The SMILES string of the molecule is CC(C)(C)c1cnc(CSc2cnc(NC3CCCC(Nc4ccc(N)cc4)C3)s2)o1. The van der Waals surface area contributed by atoms with E-state index in [1.807, 2.05) is 24.5 Å². The van der Waals surface area contributed by atoms with Crippen LogP contribution in [0.4, 0.5) is 16.5 Å². The Bertz CT molecular complexity index is 977. The Kier molecular flexibility index (Phi) is 6.77. The third kappa shape index (κ3) is 6.17. The van der Waals surface area contributed by atoms with Gasteiger partial charge in [0, 0.05) is 28.9 Å². The van der Waals surface area contributed by atoms with Gasteiger partial charge < -0.3 is 20.8 Å². The first-order chi connectivity index (χ1) is 14.8. The lowest BCUT2D eigenvalue weighted by atomic mass is 9.91. The van der Waals surface area contributed by atoms with Gasteiger partial charge in [0.2, 0.25) is 5.89 Å². The summed E-state index contributed by atoms with van der Waals surface area (Å²) in [6, 6.07) is 8.88. The smallest absolute Gasteiger partial charge is 0.204 e. The van der Waals surface area contributed by atoms with Crippen LogP contribution in [0, 0.1) is 0 Å². The van der Waals surface area contributed by atoms with E-state index >= 15 is 0 Å². The van der Waals surface area contributed by atoms with E-state index in [-0.39, 0.29) is 5.41 Å². The van der Waals surface area contributed by atoms with E-state index < -0.39 is 0 Å². The van der Waals surface area contributed by atoms with Crippen molar-refractivity contribution in [2.75, 3.05) is 16.4 Å². The molecule has 1 aromatic carbocycles. The highest BCUT2D eigenvalue weighted by atomic mass is 32.2. The summed E-state index contributed by atoms with van der Waals surface area (Å²) in [4.78, 5) is 9.00. The van der Waals surface area contributed by atoms with E-state index in [2.05, 4.69) is 53.5 Å². The minimum absolute atomic E-state index is 0.0158. The number of thiazole rings is 1. The van der Waals surface area contributed by atoms with Gasteiger partial charge in [-0.3, -0.25) is 0 Å². The third-order valence-corrected chi connectivity index (χ3v) is 7.51. The van der Waals surface area contributed by atoms with Crippen molar-refractivity contribution in [1.82, 2.24) is 9.97 Å². The summed E-state index contributed by atoms with van der Waals surface area (Å²) in [6.07, 6.45) is 8.43. The molecule has 8 heteroatoms.